The summed E-state index contributed by atoms with van der Waals surface area (Å²) in [5, 5.41) is 5.36. The molecule has 2 heterocycles. The second-order valence-electron chi connectivity index (χ2n) is 7.11. The monoisotopic (exact) mass is 510 g/mol. The Morgan fingerprint density at radius 3 is 2.41 bits per heavy atom. The Morgan fingerprint density at radius 1 is 1.18 bits per heavy atom. The van der Waals surface area contributed by atoms with E-state index in [0.717, 1.165) is 4.68 Å². The van der Waals surface area contributed by atoms with Gasteiger partial charge in [0.05, 0.1) is 16.1 Å². The lowest BCUT2D eigenvalue weighted by molar-refractivity contribution is -0.151. The fraction of sp³-hybridized carbons (Fsp3) is 0.368. The number of nitrogens with zero attached hydrogens (tertiary/aromatic N) is 4. The minimum absolute atomic E-state index is 0.0326. The first-order chi connectivity index (χ1) is 15.8. The van der Waals surface area contributed by atoms with Gasteiger partial charge in [-0.15, -0.1) is 5.10 Å². The second kappa shape index (κ2) is 9.25. The van der Waals surface area contributed by atoms with Crippen molar-refractivity contribution in [3.05, 3.63) is 39.8 Å². The van der Waals surface area contributed by atoms with E-state index in [1.54, 1.807) is 0 Å². The predicted molar refractivity (Wildman–Crippen MR) is 110 cm³/mol. The van der Waals surface area contributed by atoms with Gasteiger partial charge in [0.15, 0.2) is 11.3 Å². The highest BCUT2D eigenvalue weighted by atomic mass is 35.5. The Labute approximate surface area is 193 Å². The minimum Gasteiger partial charge on any atom is -0.385 e. The zero-order valence-electron chi connectivity index (χ0n) is 17.6. The fourth-order valence-corrected chi connectivity index (χ4v) is 3.52. The van der Waals surface area contributed by atoms with Gasteiger partial charge in [-0.1, -0.05) is 11.6 Å². The van der Waals surface area contributed by atoms with Crippen molar-refractivity contribution in [2.45, 2.75) is 25.7 Å². The summed E-state index contributed by atoms with van der Waals surface area (Å²) >= 11 is 6.28. The number of alkyl halides is 6. The van der Waals surface area contributed by atoms with Gasteiger partial charge in [0.25, 0.3) is 5.91 Å². The third kappa shape index (κ3) is 5.01. The van der Waals surface area contributed by atoms with Gasteiger partial charge < -0.3 is 15.8 Å². The normalized spacial score (nSPS) is 12.4. The van der Waals surface area contributed by atoms with Crippen molar-refractivity contribution >= 4 is 34.4 Å². The number of nitrogen functional groups attached to an aromatic ring is 1. The van der Waals surface area contributed by atoms with Crippen LogP contribution in [0.2, 0.25) is 5.02 Å². The van der Waals surface area contributed by atoms with Crippen LogP contribution >= 0.6 is 11.6 Å². The molecular formula is C19H17ClF6N6O2. The number of amides is 1. The van der Waals surface area contributed by atoms with E-state index in [-0.39, 0.29) is 21.8 Å². The molecule has 8 nitrogen and oxygen atoms in total. The van der Waals surface area contributed by atoms with E-state index >= 15 is 0 Å². The van der Waals surface area contributed by atoms with Crippen LogP contribution in [-0.2, 0) is 17.1 Å². The molecule has 0 fully saturated rings. The van der Waals surface area contributed by atoms with E-state index in [4.69, 9.17) is 22.1 Å². The molecule has 0 unspecified atom stereocenters. The van der Waals surface area contributed by atoms with Crippen molar-refractivity contribution in [3.8, 4) is 5.69 Å². The van der Waals surface area contributed by atoms with E-state index in [9.17, 15) is 31.1 Å². The van der Waals surface area contributed by atoms with Gasteiger partial charge >= 0.3 is 12.4 Å². The van der Waals surface area contributed by atoms with Gasteiger partial charge in [0, 0.05) is 25.8 Å². The van der Waals surface area contributed by atoms with E-state index in [0.29, 0.717) is 19.6 Å². The van der Waals surface area contributed by atoms with E-state index in [1.807, 2.05) is 0 Å². The van der Waals surface area contributed by atoms with Crippen LogP contribution in [0.5, 0.6) is 0 Å². The molecule has 1 aromatic carbocycles. The highest BCUT2D eigenvalue weighted by molar-refractivity contribution is 6.33. The first-order valence-corrected chi connectivity index (χ1v) is 9.91. The van der Waals surface area contributed by atoms with Crippen molar-refractivity contribution in [2.75, 3.05) is 26.0 Å². The number of carbonyl (C=O) groups is 1. The van der Waals surface area contributed by atoms with E-state index in [1.165, 1.54) is 26.2 Å². The summed E-state index contributed by atoms with van der Waals surface area (Å²) in [5.41, 5.74) is 3.44. The van der Waals surface area contributed by atoms with Crippen LogP contribution in [-0.4, -0.2) is 45.9 Å². The third-order valence-electron chi connectivity index (χ3n) is 4.63. The van der Waals surface area contributed by atoms with Crippen LogP contribution in [0.25, 0.3) is 16.7 Å². The summed E-state index contributed by atoms with van der Waals surface area (Å²) in [7, 11) is 1.52. The van der Waals surface area contributed by atoms with Crippen LogP contribution in [0.4, 0.5) is 32.2 Å². The quantitative estimate of drug-likeness (QED) is 0.381. The minimum atomic E-state index is -5.27. The summed E-state index contributed by atoms with van der Waals surface area (Å²) in [5.74, 6) is -3.15. The van der Waals surface area contributed by atoms with Gasteiger partial charge in [0.1, 0.15) is 5.82 Å². The average molecular weight is 511 g/mol. The second-order valence-corrected chi connectivity index (χ2v) is 7.52. The maximum atomic E-state index is 13.5. The number of aryl methyl sites for hydroxylation is 1. The number of rotatable bonds is 6. The molecule has 1 amide bonds. The van der Waals surface area contributed by atoms with Crippen LogP contribution in [0.1, 0.15) is 33.9 Å². The van der Waals surface area contributed by atoms with Gasteiger partial charge in [0.2, 0.25) is 5.82 Å². The standard InChI is InChI=1S/C19H17ClF6N6O2/c1-8-6-9(16(33)28-4-3-5-34-2)7-10(20)12(8)32-14(27)11-13(18(21,22)23)29-17(19(24,25)26)30-15(11)31-32/h6-7H,3-5,27H2,1-2H3,(H,28,33). The van der Waals surface area contributed by atoms with Crippen LogP contribution in [0.3, 0.4) is 0 Å². The summed E-state index contributed by atoms with van der Waals surface area (Å²) < 4.78 is 85.3. The lowest BCUT2D eigenvalue weighted by atomic mass is 10.1. The number of hydrogen-bond acceptors (Lipinski definition) is 6. The molecule has 0 bridgehead atoms. The Kier molecular flexibility index (Phi) is 6.94. The Hall–Kier alpha value is -3.13. The van der Waals surface area contributed by atoms with Crippen molar-refractivity contribution in [1.82, 2.24) is 25.1 Å². The molecule has 0 aliphatic carbocycles. The summed E-state index contributed by atoms with van der Waals surface area (Å²) in [6.45, 7) is 2.24. The fourth-order valence-electron chi connectivity index (χ4n) is 3.17. The molecule has 0 radical (unpaired) electrons. The number of benzene rings is 1. The smallest absolute Gasteiger partial charge is 0.385 e. The average Bonchev–Trinajstić information content (AvgIpc) is 3.04. The highest BCUT2D eigenvalue weighted by Crippen LogP contribution is 2.39. The predicted octanol–water partition coefficient (Wildman–Crippen LogP) is 4.16. The molecule has 184 valence electrons. The molecule has 0 spiro atoms. The van der Waals surface area contributed by atoms with Crippen molar-refractivity contribution in [1.29, 1.82) is 0 Å². The number of fused-ring (bicyclic) bond motifs is 1. The molecule has 15 heteroatoms. The molecule has 3 N–H and O–H groups in total. The zero-order valence-corrected chi connectivity index (χ0v) is 18.4. The summed E-state index contributed by atoms with van der Waals surface area (Å²) in [6, 6.07) is 2.62. The molecular weight excluding hydrogens is 494 g/mol. The molecule has 0 aliphatic rings. The molecule has 2 aromatic heterocycles. The highest BCUT2D eigenvalue weighted by Gasteiger charge is 2.43. The van der Waals surface area contributed by atoms with Gasteiger partial charge in [-0.25, -0.2) is 14.6 Å². The maximum Gasteiger partial charge on any atom is 0.451 e. The Morgan fingerprint density at radius 2 is 1.85 bits per heavy atom. The number of anilines is 1. The number of aromatic nitrogens is 4. The first-order valence-electron chi connectivity index (χ1n) is 9.54. The lowest BCUT2D eigenvalue weighted by Crippen LogP contribution is -2.25. The number of halogens is 7. The van der Waals surface area contributed by atoms with Gasteiger partial charge in [-0.3, -0.25) is 4.79 Å². The molecule has 0 atom stereocenters. The van der Waals surface area contributed by atoms with Crippen LogP contribution < -0.4 is 11.1 Å². The van der Waals surface area contributed by atoms with E-state index in [2.05, 4.69) is 20.4 Å². The topological polar surface area (TPSA) is 108 Å². The number of nitrogens with two attached hydrogens (primary N) is 1. The number of carbonyl (C=O) groups excluding carboxylic acids is 1. The maximum absolute atomic E-state index is 13.5. The zero-order chi connectivity index (χ0) is 25.4. The number of ether oxygens (including phenoxy) is 1. The molecule has 0 saturated carbocycles. The summed E-state index contributed by atoms with van der Waals surface area (Å²) in [4.78, 5) is 18.1. The van der Waals surface area contributed by atoms with Gasteiger partial charge in [-0.05, 0) is 31.0 Å². The summed E-state index contributed by atoms with van der Waals surface area (Å²) in [6.07, 6.45) is -9.96. The van der Waals surface area contributed by atoms with E-state index < -0.39 is 46.6 Å². The number of hydrogen-bond donors (Lipinski definition) is 2. The third-order valence-corrected chi connectivity index (χ3v) is 4.92. The van der Waals surface area contributed by atoms with Gasteiger partial charge in [-0.2, -0.15) is 26.3 Å². The largest absolute Gasteiger partial charge is 0.451 e. The van der Waals surface area contributed by atoms with Crippen LogP contribution in [0, 0.1) is 6.92 Å². The Bertz CT molecular complexity index is 1220. The number of methoxy groups -OCH3 is 1. The Balaban J connectivity index is 2.12. The number of nitrogens with one attached hydrogen (secondary N) is 1. The SMILES string of the molecule is COCCCNC(=O)c1cc(C)c(-n2nc3nc(C(F)(F)F)nc(C(F)(F)F)c3c2N)c(Cl)c1. The molecule has 34 heavy (non-hydrogen) atoms. The van der Waals surface area contributed by atoms with Crippen molar-refractivity contribution < 1.29 is 35.9 Å². The lowest BCUT2D eigenvalue weighted by Gasteiger charge is -2.13. The van der Waals surface area contributed by atoms with Crippen molar-refractivity contribution in [2.24, 2.45) is 0 Å². The molecule has 0 aliphatic heterocycles. The van der Waals surface area contributed by atoms with Crippen molar-refractivity contribution in [3.63, 3.8) is 0 Å². The van der Waals surface area contributed by atoms with Crippen LogP contribution in [0.15, 0.2) is 12.1 Å². The molecule has 3 rings (SSSR count). The first kappa shape index (κ1) is 25.5. The molecule has 0 saturated heterocycles. The molecule has 3 aromatic rings.